The van der Waals surface area contributed by atoms with Gasteiger partial charge in [0.1, 0.15) is 18.1 Å². The molecular formula is C45H62N6O9S. The molecule has 15 nitrogen and oxygen atoms in total. The second-order valence-corrected chi connectivity index (χ2v) is 19.6. The predicted molar refractivity (Wildman–Crippen MR) is 228 cm³/mol. The molecule has 2 aliphatic heterocycles. The zero-order valence-electron chi connectivity index (χ0n) is 35.8. The van der Waals surface area contributed by atoms with Gasteiger partial charge in [0.2, 0.25) is 39.4 Å². The first-order valence-electron chi connectivity index (χ1n) is 21.7. The molecule has 0 radical (unpaired) electrons. The summed E-state index contributed by atoms with van der Waals surface area (Å²) in [5, 5.41) is 10.6. The van der Waals surface area contributed by atoms with E-state index in [-0.39, 0.29) is 60.1 Å². The summed E-state index contributed by atoms with van der Waals surface area (Å²) in [7, 11) is -4.08. The van der Waals surface area contributed by atoms with Gasteiger partial charge in [-0.05, 0) is 79.5 Å². The van der Waals surface area contributed by atoms with Crippen molar-refractivity contribution in [3.05, 3.63) is 65.7 Å². The quantitative estimate of drug-likeness (QED) is 0.186. The highest BCUT2D eigenvalue weighted by molar-refractivity contribution is 7.89. The van der Waals surface area contributed by atoms with Gasteiger partial charge in [0, 0.05) is 25.4 Å². The molecule has 3 aliphatic rings. The Balaban J connectivity index is 1.33. The lowest BCUT2D eigenvalue weighted by atomic mass is 9.83. The number of nitrogens with one attached hydrogen (secondary N) is 5. The molecule has 2 aromatic carbocycles. The van der Waals surface area contributed by atoms with E-state index in [0.29, 0.717) is 44.1 Å². The largest absolute Gasteiger partial charge is 0.344 e. The third-order valence-corrected chi connectivity index (χ3v) is 13.1. The minimum Gasteiger partial charge on any atom is -0.344 e. The van der Waals surface area contributed by atoms with E-state index in [4.69, 9.17) is 0 Å². The summed E-state index contributed by atoms with van der Waals surface area (Å²) < 4.78 is 30.1. The van der Waals surface area contributed by atoms with Crippen molar-refractivity contribution in [2.45, 2.75) is 146 Å². The number of carbonyl (C=O) groups is 7. The molecule has 0 spiro atoms. The molecule has 16 heteroatoms. The Labute approximate surface area is 359 Å². The van der Waals surface area contributed by atoms with Crippen LogP contribution in [-0.2, 0) is 50.0 Å². The van der Waals surface area contributed by atoms with Crippen molar-refractivity contribution in [1.82, 2.24) is 30.9 Å². The van der Waals surface area contributed by atoms with Crippen LogP contribution in [0.4, 0.5) is 0 Å². The lowest BCUT2D eigenvalue weighted by molar-refractivity contribution is -0.144. The number of hydrogen-bond donors (Lipinski definition) is 5. The van der Waals surface area contributed by atoms with E-state index in [0.717, 1.165) is 24.8 Å². The van der Waals surface area contributed by atoms with Gasteiger partial charge in [-0.15, -0.1) is 0 Å². The lowest BCUT2D eigenvalue weighted by Gasteiger charge is -2.35. The molecule has 2 aromatic rings. The zero-order chi connectivity index (χ0) is 44.3. The van der Waals surface area contributed by atoms with Gasteiger partial charge in [-0.3, -0.25) is 33.6 Å². The Kier molecular flexibility index (Phi) is 16.4. The normalized spacial score (nSPS) is 22.3. The van der Waals surface area contributed by atoms with Crippen LogP contribution in [0.15, 0.2) is 59.5 Å². The van der Waals surface area contributed by atoms with Gasteiger partial charge in [-0.1, -0.05) is 95.8 Å². The van der Waals surface area contributed by atoms with Gasteiger partial charge in [-0.25, -0.2) is 13.1 Å². The smallest absolute Gasteiger partial charge is 0.290 e. The van der Waals surface area contributed by atoms with Crippen molar-refractivity contribution in [3.63, 3.8) is 0 Å². The van der Waals surface area contributed by atoms with Crippen LogP contribution < -0.4 is 26.0 Å². The van der Waals surface area contributed by atoms with Crippen molar-refractivity contribution in [1.29, 1.82) is 0 Å². The first-order valence-corrected chi connectivity index (χ1v) is 23.1. The maximum Gasteiger partial charge on any atom is 0.290 e. The van der Waals surface area contributed by atoms with E-state index in [1.165, 1.54) is 11.0 Å². The summed E-state index contributed by atoms with van der Waals surface area (Å²) in [6, 6.07) is 9.87. The molecule has 332 valence electrons. The average molecular weight is 863 g/mol. The van der Waals surface area contributed by atoms with Crippen molar-refractivity contribution < 1.29 is 42.0 Å². The van der Waals surface area contributed by atoms with Crippen molar-refractivity contribution in [2.75, 3.05) is 13.1 Å². The molecule has 1 saturated heterocycles. The van der Waals surface area contributed by atoms with Gasteiger partial charge in [0.25, 0.3) is 5.91 Å². The van der Waals surface area contributed by atoms with Crippen LogP contribution in [0.2, 0.25) is 0 Å². The van der Waals surface area contributed by atoms with Crippen LogP contribution in [-0.4, -0.2) is 91.7 Å². The van der Waals surface area contributed by atoms with E-state index in [9.17, 15) is 42.0 Å². The molecule has 5 amide bonds. The number of hydrogen-bond acceptors (Lipinski definition) is 9. The molecule has 5 atom stereocenters. The lowest BCUT2D eigenvalue weighted by Crippen LogP contribution is -2.58. The zero-order valence-corrected chi connectivity index (χ0v) is 36.6. The van der Waals surface area contributed by atoms with E-state index in [1.807, 2.05) is 26.8 Å². The third-order valence-electron chi connectivity index (χ3n) is 11.5. The van der Waals surface area contributed by atoms with E-state index >= 15 is 0 Å². The Morgan fingerprint density at radius 3 is 2.28 bits per heavy atom. The Morgan fingerprint density at radius 2 is 1.59 bits per heavy atom. The number of amides is 5. The minimum absolute atomic E-state index is 0.0427. The highest BCUT2D eigenvalue weighted by Gasteiger charge is 2.46. The molecule has 4 bridgehead atoms. The minimum atomic E-state index is -4.08. The summed E-state index contributed by atoms with van der Waals surface area (Å²) in [6.07, 6.45) is 6.54. The van der Waals surface area contributed by atoms with Crippen LogP contribution >= 0.6 is 0 Å². The standard InChI is InChI=1S/C45H62N6O9S/c1-5-15-34(41(55)43(57)46-27-38(54)49-39(30-18-8-6-9-19-30)36(52)26-45(2,3)4)47-42(56)35-25-32-28-51(35)44(58)40(31-20-10-7-11-21-31)48-37(53)23-13-12-16-29-17-14-22-33(24-29)61(59,60)50-32/h6,8-9,14,17-19,22,24,31-32,34-35,39-40,50H,5,7,10-13,15-16,20-21,23,25-28H2,1-4H3,(H,46,57)(H,47,56)(H,48,53)(H,49,54)/t32-,34?,35?,39+,40?/m1/s1. The highest BCUT2D eigenvalue weighted by Crippen LogP contribution is 2.31. The Morgan fingerprint density at radius 1 is 0.885 bits per heavy atom. The Bertz CT molecular complexity index is 2030. The summed E-state index contributed by atoms with van der Waals surface area (Å²) in [5.41, 5.74) is 1.02. The number of rotatable bonds is 13. The molecule has 2 heterocycles. The van der Waals surface area contributed by atoms with Crippen LogP contribution in [0.3, 0.4) is 0 Å². The fraction of sp³-hybridized carbons (Fsp3) is 0.578. The maximum atomic E-state index is 14.6. The van der Waals surface area contributed by atoms with Crippen LogP contribution in [0.5, 0.6) is 0 Å². The van der Waals surface area contributed by atoms with Crippen LogP contribution in [0.1, 0.15) is 122 Å². The number of aryl methyl sites for hydroxylation is 1. The van der Waals surface area contributed by atoms with Crippen molar-refractivity contribution >= 4 is 51.1 Å². The van der Waals surface area contributed by atoms with Gasteiger partial charge < -0.3 is 26.2 Å². The molecule has 5 N–H and O–H groups in total. The number of ketones is 2. The van der Waals surface area contributed by atoms with Crippen LogP contribution in [0.25, 0.3) is 0 Å². The maximum absolute atomic E-state index is 14.6. The topological polar surface area (TPSA) is 217 Å². The fourth-order valence-corrected chi connectivity index (χ4v) is 9.83. The number of nitrogens with zero attached hydrogens (tertiary/aromatic N) is 1. The van der Waals surface area contributed by atoms with Crippen molar-refractivity contribution in [3.8, 4) is 0 Å². The number of sulfonamides is 1. The van der Waals surface area contributed by atoms with E-state index in [2.05, 4.69) is 26.0 Å². The molecule has 61 heavy (non-hydrogen) atoms. The summed E-state index contributed by atoms with van der Waals surface area (Å²) in [6.45, 7) is 6.70. The van der Waals surface area contributed by atoms with Crippen LogP contribution in [0, 0.1) is 11.3 Å². The Hall–Kier alpha value is -4.96. The number of Topliss-reactive ketones (excluding diaryl/α,β-unsaturated/α-hetero) is 2. The molecule has 1 saturated carbocycles. The van der Waals surface area contributed by atoms with Gasteiger partial charge in [0.05, 0.1) is 17.5 Å². The number of benzene rings is 2. The SMILES string of the molecule is CCCC(NC(=O)C1C[C@@H]2CN1C(=O)C(C1CCCCC1)NC(=O)CCCCc1cccc(c1)S(=O)(=O)N2)C(=O)C(=O)NCC(=O)N[C@H](C(=O)CC(C)(C)C)c1ccccc1. The predicted octanol–water partition coefficient (Wildman–Crippen LogP) is 3.56. The molecular weight excluding hydrogens is 801 g/mol. The summed E-state index contributed by atoms with van der Waals surface area (Å²) in [4.78, 5) is 96.8. The average Bonchev–Trinajstić information content (AvgIpc) is 3.65. The highest BCUT2D eigenvalue weighted by atomic mass is 32.2. The van der Waals surface area contributed by atoms with E-state index < -0.39 is 76.2 Å². The fourth-order valence-electron chi connectivity index (χ4n) is 8.52. The molecule has 1 aliphatic carbocycles. The van der Waals surface area contributed by atoms with Gasteiger partial charge >= 0.3 is 0 Å². The summed E-state index contributed by atoms with van der Waals surface area (Å²) in [5.74, 6) is -4.79. The third kappa shape index (κ3) is 13.3. The molecule has 2 fully saturated rings. The number of fused-ring (bicyclic) bond motifs is 4. The molecule has 3 unspecified atom stereocenters. The first-order chi connectivity index (χ1) is 29.0. The summed E-state index contributed by atoms with van der Waals surface area (Å²) >= 11 is 0. The van der Waals surface area contributed by atoms with Gasteiger partial charge in [0.15, 0.2) is 5.78 Å². The van der Waals surface area contributed by atoms with E-state index in [1.54, 1.807) is 49.4 Å². The second kappa shape index (κ2) is 21.2. The monoisotopic (exact) mass is 862 g/mol. The number of carbonyl (C=O) groups excluding carboxylic acids is 7. The molecule has 0 aromatic heterocycles. The molecule has 5 rings (SSSR count). The van der Waals surface area contributed by atoms with Crippen molar-refractivity contribution in [2.24, 2.45) is 11.3 Å². The van der Waals surface area contributed by atoms with Gasteiger partial charge in [-0.2, -0.15) is 0 Å². The second-order valence-electron chi connectivity index (χ2n) is 17.9. The first kappa shape index (κ1) is 47.1.